The normalized spacial score (nSPS) is 14.7. The van der Waals surface area contributed by atoms with Crippen LogP contribution in [-0.4, -0.2) is 69.4 Å². The number of nitrogens with zero attached hydrogens (tertiary/aromatic N) is 1. The van der Waals surface area contributed by atoms with Crippen LogP contribution in [-0.2, 0) is 27.9 Å². The van der Waals surface area contributed by atoms with E-state index in [1.54, 1.807) is 6.08 Å². The number of hydrogen-bond acceptors (Lipinski definition) is 7. The lowest BCUT2D eigenvalue weighted by Gasteiger charge is -2.30. The average molecular weight is 1090 g/mol. The Kier molecular flexibility index (Phi) is 52.3. The highest BCUT2D eigenvalue weighted by molar-refractivity contribution is 7.45. The third-order valence-electron chi connectivity index (χ3n) is 12.3. The number of allylic oxidation sites excluding steroid dienone is 23. The Morgan fingerprint density at radius 3 is 1.27 bits per heavy atom. The maximum Gasteiger partial charge on any atom is 0.306 e. The topological polar surface area (TPSA) is 114 Å². The number of esters is 1. The van der Waals surface area contributed by atoms with Crippen LogP contribution in [0.25, 0.3) is 0 Å². The van der Waals surface area contributed by atoms with E-state index in [0.717, 1.165) is 122 Å². The largest absolute Gasteiger partial charge is 0.756 e. The third-order valence-corrected chi connectivity index (χ3v) is 13.2. The van der Waals surface area contributed by atoms with E-state index in [1.165, 1.54) is 44.9 Å². The molecule has 0 saturated carbocycles. The predicted molar refractivity (Wildman–Crippen MR) is 329 cm³/mol. The van der Waals surface area contributed by atoms with Crippen LogP contribution in [0.15, 0.2) is 146 Å². The number of nitrogens with one attached hydrogen (secondary N) is 1. The SMILES string of the molecule is CC/C=C\C/C=C\C/C=C\C/C=C\C/C=C\C/C=C\CCC(=O)OC(/C=C/CCCCCCCCCCC)C(COP(=O)([O-])OCC[N+](C)(C)C)NC(=O)CCCCCCC/C=C\C/C=C\C/C=C\C/C=C\C/C=C\CC. The molecule has 3 atom stereocenters. The molecule has 0 bridgehead atoms. The van der Waals surface area contributed by atoms with Gasteiger partial charge in [0.1, 0.15) is 19.3 Å². The quantitative estimate of drug-likeness (QED) is 0.0212. The first-order valence-electron chi connectivity index (χ1n) is 30.1. The number of unbranched alkanes of at least 4 members (excludes halogenated alkanes) is 14. The molecule has 1 amide bonds. The molecule has 0 saturated heterocycles. The number of amides is 1. The molecule has 9 nitrogen and oxygen atoms in total. The lowest BCUT2D eigenvalue weighted by molar-refractivity contribution is -0.870. The van der Waals surface area contributed by atoms with Gasteiger partial charge < -0.3 is 28.5 Å². The highest BCUT2D eigenvalue weighted by atomic mass is 31.2. The molecule has 3 unspecified atom stereocenters. The summed E-state index contributed by atoms with van der Waals surface area (Å²) in [4.78, 5) is 39.9. The second kappa shape index (κ2) is 55.2. The van der Waals surface area contributed by atoms with Gasteiger partial charge in [-0.1, -0.05) is 231 Å². The summed E-state index contributed by atoms with van der Waals surface area (Å²) >= 11 is 0. The van der Waals surface area contributed by atoms with E-state index in [1.807, 2.05) is 39.4 Å². The van der Waals surface area contributed by atoms with Crippen LogP contribution in [0.5, 0.6) is 0 Å². The summed E-state index contributed by atoms with van der Waals surface area (Å²) in [5.41, 5.74) is 0. The van der Waals surface area contributed by atoms with Crippen molar-refractivity contribution in [3.05, 3.63) is 146 Å². The van der Waals surface area contributed by atoms with E-state index in [0.29, 0.717) is 23.9 Å². The van der Waals surface area contributed by atoms with Crippen molar-refractivity contribution >= 4 is 19.7 Å². The number of likely N-dealkylation sites (N-methyl/N-ethyl adjacent to an activating group) is 1. The summed E-state index contributed by atoms with van der Waals surface area (Å²) < 4.78 is 30.2. The molecule has 0 rings (SSSR count). The number of rotatable bonds is 52. The highest BCUT2D eigenvalue weighted by Gasteiger charge is 2.27. The molecule has 10 heteroatoms. The number of ether oxygens (including phenoxy) is 1. The van der Waals surface area contributed by atoms with Crippen LogP contribution >= 0.6 is 7.82 Å². The summed E-state index contributed by atoms with van der Waals surface area (Å²) in [5, 5.41) is 2.99. The zero-order valence-electron chi connectivity index (χ0n) is 49.6. The molecule has 1 N–H and O–H groups in total. The lowest BCUT2D eigenvalue weighted by atomic mass is 10.1. The maximum atomic E-state index is 13.5. The fourth-order valence-electron chi connectivity index (χ4n) is 7.69. The zero-order chi connectivity index (χ0) is 56.4. The van der Waals surface area contributed by atoms with Crippen molar-refractivity contribution in [2.45, 2.75) is 226 Å². The minimum absolute atomic E-state index is 0.0464. The van der Waals surface area contributed by atoms with Gasteiger partial charge in [-0.2, -0.15) is 0 Å². The lowest BCUT2D eigenvalue weighted by Crippen LogP contribution is -2.47. The molecule has 0 aliphatic heterocycles. The van der Waals surface area contributed by atoms with Gasteiger partial charge in [0.15, 0.2) is 0 Å². The molecule has 0 fully saturated rings. The second-order valence-corrected chi connectivity index (χ2v) is 22.1. The Balaban J connectivity index is 5.41. The first-order valence-corrected chi connectivity index (χ1v) is 31.6. The number of carbonyl (C=O) groups is 2. The second-order valence-electron chi connectivity index (χ2n) is 20.7. The van der Waals surface area contributed by atoms with Crippen LogP contribution in [0.2, 0.25) is 0 Å². The Bertz CT molecular complexity index is 1830. The molecule has 0 aliphatic rings. The number of carbonyl (C=O) groups excluding carboxylic acids is 2. The van der Waals surface area contributed by atoms with Gasteiger partial charge in [0, 0.05) is 12.8 Å². The standard InChI is InChI=1S/C67H111N2O7P/c1-7-10-13-16-19-22-25-27-29-31-33-34-36-37-39-41-44-47-50-53-56-59-66(70)68-64(63-75-77(72,73)74-62-61-69(4,5)6)65(58-55-52-49-46-43-24-21-18-15-12-9-3)76-67(71)60-57-54-51-48-45-42-40-38-35-32-30-28-26-23-20-17-14-11-8-2/h10-11,13-14,19-20,22-23,27-30,33-35,37-39,42,45,51,54-55,58,64-65H,7-9,12,15-18,21,24-26,31-32,36,40-41,43-44,46-50,52-53,56-57,59-63H2,1-6H3,(H-,68,70,72,73)/b13-10-,14-11-,22-19-,23-20-,29-27-,30-28-,34-33-,38-35-,39-37-,45-42-,54-51-,58-55+. The Morgan fingerprint density at radius 1 is 0.468 bits per heavy atom. The Morgan fingerprint density at radius 2 is 0.844 bits per heavy atom. The third kappa shape index (κ3) is 56.4. The van der Waals surface area contributed by atoms with Gasteiger partial charge in [-0.25, -0.2) is 0 Å². The van der Waals surface area contributed by atoms with Gasteiger partial charge in [-0.05, 0) is 115 Å². The van der Waals surface area contributed by atoms with Crippen LogP contribution in [0, 0.1) is 0 Å². The molecule has 77 heavy (non-hydrogen) atoms. The summed E-state index contributed by atoms with van der Waals surface area (Å²) in [5.74, 6) is -0.675. The first-order chi connectivity index (χ1) is 37.4. The molecular formula is C67H111N2O7P. The molecule has 0 aromatic carbocycles. The number of phosphoric acid groups is 1. The van der Waals surface area contributed by atoms with E-state index in [2.05, 4.69) is 148 Å². The molecule has 0 heterocycles. The average Bonchev–Trinajstić information content (AvgIpc) is 3.39. The van der Waals surface area contributed by atoms with Crippen molar-refractivity contribution in [1.82, 2.24) is 5.32 Å². The van der Waals surface area contributed by atoms with Crippen molar-refractivity contribution in [3.63, 3.8) is 0 Å². The molecule has 0 aliphatic carbocycles. The van der Waals surface area contributed by atoms with Crippen LogP contribution < -0.4 is 10.2 Å². The van der Waals surface area contributed by atoms with Crippen molar-refractivity contribution in [3.8, 4) is 0 Å². The zero-order valence-corrected chi connectivity index (χ0v) is 50.5. The monoisotopic (exact) mass is 1090 g/mol. The molecule has 0 aromatic rings. The van der Waals surface area contributed by atoms with E-state index < -0.39 is 32.5 Å². The fraction of sp³-hybridized carbons (Fsp3) is 0.612. The fourth-order valence-corrected chi connectivity index (χ4v) is 8.41. The minimum Gasteiger partial charge on any atom is -0.756 e. The van der Waals surface area contributed by atoms with E-state index in [9.17, 15) is 19.0 Å². The van der Waals surface area contributed by atoms with Crippen molar-refractivity contribution in [2.24, 2.45) is 0 Å². The Labute approximate surface area is 472 Å². The van der Waals surface area contributed by atoms with Crippen LogP contribution in [0.3, 0.4) is 0 Å². The van der Waals surface area contributed by atoms with E-state index in [4.69, 9.17) is 13.8 Å². The summed E-state index contributed by atoms with van der Waals surface area (Å²) in [6.45, 7) is 6.51. The van der Waals surface area contributed by atoms with E-state index >= 15 is 0 Å². The van der Waals surface area contributed by atoms with Crippen LogP contribution in [0.4, 0.5) is 0 Å². The highest BCUT2D eigenvalue weighted by Crippen LogP contribution is 2.38. The molecule has 0 aromatic heterocycles. The minimum atomic E-state index is -4.73. The summed E-state index contributed by atoms with van der Waals surface area (Å²) in [6, 6.07) is -0.940. The smallest absolute Gasteiger partial charge is 0.306 e. The van der Waals surface area contributed by atoms with Gasteiger partial charge in [0.05, 0.1) is 33.8 Å². The molecular weight excluding hydrogens is 976 g/mol. The maximum absolute atomic E-state index is 13.5. The van der Waals surface area contributed by atoms with Gasteiger partial charge >= 0.3 is 5.97 Å². The first kappa shape index (κ1) is 72.9. The molecule has 436 valence electrons. The van der Waals surface area contributed by atoms with Crippen LogP contribution in [0.1, 0.15) is 213 Å². The van der Waals surface area contributed by atoms with Gasteiger partial charge in [0.2, 0.25) is 5.91 Å². The summed E-state index contributed by atoms with van der Waals surface area (Å²) in [7, 11) is 1.11. The molecule has 0 radical (unpaired) electrons. The number of hydrogen-bond donors (Lipinski definition) is 1. The van der Waals surface area contributed by atoms with Gasteiger partial charge in [-0.3, -0.25) is 14.2 Å². The van der Waals surface area contributed by atoms with Crippen molar-refractivity contribution in [2.75, 3.05) is 40.9 Å². The predicted octanol–water partition coefficient (Wildman–Crippen LogP) is 18.0. The number of quaternary nitrogens is 1. The van der Waals surface area contributed by atoms with Gasteiger partial charge in [0.25, 0.3) is 7.82 Å². The summed E-state index contributed by atoms with van der Waals surface area (Å²) in [6.07, 6.45) is 79.7. The van der Waals surface area contributed by atoms with Crippen molar-refractivity contribution < 1.29 is 37.3 Å². The molecule has 0 spiro atoms. The van der Waals surface area contributed by atoms with E-state index in [-0.39, 0.29) is 25.4 Å². The number of phosphoric ester groups is 1. The van der Waals surface area contributed by atoms with Crippen molar-refractivity contribution in [1.29, 1.82) is 0 Å². The van der Waals surface area contributed by atoms with Gasteiger partial charge in [-0.15, -0.1) is 0 Å². The Hall–Kier alpha value is -4.11.